The molecule has 6 heteroatoms. The van der Waals surface area contributed by atoms with E-state index in [-0.39, 0.29) is 5.91 Å². The molecule has 0 aliphatic rings. The first-order valence-corrected chi connectivity index (χ1v) is 10.7. The number of carbonyl (C=O) groups excluding carboxylic acids is 2. The van der Waals surface area contributed by atoms with Gasteiger partial charge in [-0.1, -0.05) is 58.3 Å². The highest BCUT2D eigenvalue weighted by atomic mass is 32.1. The maximum atomic E-state index is 12.2. The zero-order valence-corrected chi connectivity index (χ0v) is 17.1. The Morgan fingerprint density at radius 3 is 2.23 bits per heavy atom. The highest BCUT2D eigenvalue weighted by Crippen LogP contribution is 2.29. The van der Waals surface area contributed by atoms with Gasteiger partial charge in [0, 0.05) is 17.8 Å². The van der Waals surface area contributed by atoms with Crippen LogP contribution in [0.5, 0.6) is 0 Å². The van der Waals surface area contributed by atoms with Crippen LogP contribution in [0.25, 0.3) is 0 Å². The normalized spacial score (nSPS) is 10.7. The van der Waals surface area contributed by atoms with E-state index in [2.05, 4.69) is 12.2 Å². The first-order chi connectivity index (χ1) is 12.6. The second-order valence-corrected chi connectivity index (χ2v) is 7.64. The summed E-state index contributed by atoms with van der Waals surface area (Å²) in [6.45, 7) is 4.63. The molecule has 1 aromatic heterocycles. The van der Waals surface area contributed by atoms with Crippen LogP contribution in [0.2, 0.25) is 0 Å². The van der Waals surface area contributed by atoms with E-state index >= 15 is 0 Å². The highest BCUT2D eigenvalue weighted by Gasteiger charge is 2.18. The number of hydrogen-bond donors (Lipinski definition) is 2. The summed E-state index contributed by atoms with van der Waals surface area (Å²) in [6, 6.07) is 1.71. The molecule has 0 aromatic carbocycles. The second-order valence-electron chi connectivity index (χ2n) is 6.51. The smallest absolute Gasteiger partial charge is 0.341 e. The maximum Gasteiger partial charge on any atom is 0.341 e. The number of ether oxygens (including phenoxy) is 1. The van der Waals surface area contributed by atoms with Gasteiger partial charge in [0.1, 0.15) is 5.00 Å². The van der Waals surface area contributed by atoms with E-state index in [0.717, 1.165) is 17.7 Å². The predicted octanol–water partition coefficient (Wildman–Crippen LogP) is 5.24. The van der Waals surface area contributed by atoms with E-state index in [1.54, 1.807) is 13.0 Å². The van der Waals surface area contributed by atoms with Crippen LogP contribution in [0.4, 0.5) is 5.00 Å². The van der Waals surface area contributed by atoms with Gasteiger partial charge >= 0.3 is 5.97 Å². The van der Waals surface area contributed by atoms with Crippen LogP contribution in [0.15, 0.2) is 6.07 Å². The minimum Gasteiger partial charge on any atom is -0.462 e. The molecule has 0 aliphatic carbocycles. The Bertz CT molecular complexity index is 543. The van der Waals surface area contributed by atoms with E-state index in [9.17, 15) is 9.59 Å². The molecule has 5 nitrogen and oxygen atoms in total. The SMILES string of the molecule is CCCCCCCCCCCC(=O)Nc1sc(CN)cc1C(=O)OCC. The van der Waals surface area contributed by atoms with Gasteiger partial charge in [-0.15, -0.1) is 11.3 Å². The van der Waals surface area contributed by atoms with Crippen molar-refractivity contribution in [2.75, 3.05) is 11.9 Å². The molecule has 1 heterocycles. The number of nitrogens with one attached hydrogen (secondary N) is 1. The largest absolute Gasteiger partial charge is 0.462 e. The average Bonchev–Trinajstić information content (AvgIpc) is 3.03. The van der Waals surface area contributed by atoms with Crippen molar-refractivity contribution in [3.63, 3.8) is 0 Å². The van der Waals surface area contributed by atoms with Gasteiger partial charge in [-0.25, -0.2) is 4.79 Å². The number of amides is 1. The Kier molecular flexibility index (Phi) is 12.0. The van der Waals surface area contributed by atoms with Crippen molar-refractivity contribution in [3.8, 4) is 0 Å². The highest BCUT2D eigenvalue weighted by molar-refractivity contribution is 7.16. The van der Waals surface area contributed by atoms with Crippen molar-refractivity contribution in [3.05, 3.63) is 16.5 Å². The summed E-state index contributed by atoms with van der Waals surface area (Å²) in [5.74, 6) is -0.467. The Morgan fingerprint density at radius 1 is 1.04 bits per heavy atom. The fourth-order valence-electron chi connectivity index (χ4n) is 2.78. The number of rotatable bonds is 14. The van der Waals surface area contributed by atoms with Crippen molar-refractivity contribution < 1.29 is 14.3 Å². The zero-order chi connectivity index (χ0) is 19.2. The third-order valence-electron chi connectivity index (χ3n) is 4.24. The molecule has 0 aliphatic heterocycles. The van der Waals surface area contributed by atoms with E-state index in [4.69, 9.17) is 10.5 Å². The molecule has 1 rings (SSSR count). The number of unbranched alkanes of at least 4 members (excludes halogenated alkanes) is 8. The molecule has 1 amide bonds. The Morgan fingerprint density at radius 2 is 1.65 bits per heavy atom. The molecule has 0 bridgehead atoms. The molecule has 0 saturated heterocycles. The van der Waals surface area contributed by atoms with Gasteiger partial charge in [-0.2, -0.15) is 0 Å². The first kappa shape index (κ1) is 22.6. The molecule has 3 N–H and O–H groups in total. The molecule has 0 fully saturated rings. The number of anilines is 1. The molecule has 0 radical (unpaired) electrons. The Hall–Kier alpha value is -1.40. The summed E-state index contributed by atoms with van der Waals surface area (Å²) >= 11 is 1.34. The molecule has 0 spiro atoms. The molecule has 148 valence electrons. The summed E-state index contributed by atoms with van der Waals surface area (Å²) in [5.41, 5.74) is 6.05. The topological polar surface area (TPSA) is 81.4 Å². The molecule has 26 heavy (non-hydrogen) atoms. The maximum absolute atomic E-state index is 12.2. The Balaban J connectivity index is 2.30. The summed E-state index contributed by atoms with van der Waals surface area (Å²) in [5, 5.41) is 3.40. The summed E-state index contributed by atoms with van der Waals surface area (Å²) in [6.07, 6.45) is 11.5. The predicted molar refractivity (Wildman–Crippen MR) is 109 cm³/mol. The first-order valence-electron chi connectivity index (χ1n) is 9.92. The van der Waals surface area contributed by atoms with Gasteiger partial charge in [-0.3, -0.25) is 4.79 Å². The van der Waals surface area contributed by atoms with Crippen molar-refractivity contribution in [2.24, 2.45) is 5.73 Å². The lowest BCUT2D eigenvalue weighted by atomic mass is 10.1. The molecule has 0 saturated carbocycles. The van der Waals surface area contributed by atoms with Crippen LogP contribution in [-0.2, 0) is 16.1 Å². The van der Waals surface area contributed by atoms with E-state index < -0.39 is 5.97 Å². The third-order valence-corrected chi connectivity index (χ3v) is 5.31. The molecular weight excluding hydrogens is 348 g/mol. The van der Waals surface area contributed by atoms with Crippen LogP contribution >= 0.6 is 11.3 Å². The van der Waals surface area contributed by atoms with Gasteiger partial charge < -0.3 is 15.8 Å². The van der Waals surface area contributed by atoms with Gasteiger partial charge in [0.05, 0.1) is 12.2 Å². The van der Waals surface area contributed by atoms with Gasteiger partial charge in [0.25, 0.3) is 0 Å². The number of carbonyl (C=O) groups is 2. The number of nitrogens with two attached hydrogens (primary N) is 1. The van der Waals surface area contributed by atoms with Gasteiger partial charge in [0.15, 0.2) is 0 Å². The van der Waals surface area contributed by atoms with Crippen LogP contribution in [0.1, 0.15) is 93.3 Å². The Labute approximate surface area is 161 Å². The van der Waals surface area contributed by atoms with Crippen LogP contribution in [-0.4, -0.2) is 18.5 Å². The molecular formula is C20H34N2O3S. The number of hydrogen-bond acceptors (Lipinski definition) is 5. The number of thiophene rings is 1. The zero-order valence-electron chi connectivity index (χ0n) is 16.3. The fourth-order valence-corrected chi connectivity index (χ4v) is 3.72. The number of esters is 1. The summed E-state index contributed by atoms with van der Waals surface area (Å²) < 4.78 is 5.04. The monoisotopic (exact) mass is 382 g/mol. The van der Waals surface area contributed by atoms with E-state index in [1.807, 2.05) is 0 Å². The van der Waals surface area contributed by atoms with Gasteiger partial charge in [-0.05, 0) is 19.4 Å². The lowest BCUT2D eigenvalue weighted by Crippen LogP contribution is -2.13. The standard InChI is InChI=1S/C20H34N2O3S/c1-3-5-6-7-8-9-10-11-12-13-18(23)22-19-17(20(24)25-4-2)14-16(15-21)26-19/h14H,3-13,15,21H2,1-2H3,(H,22,23). The lowest BCUT2D eigenvalue weighted by molar-refractivity contribution is -0.116. The van der Waals surface area contributed by atoms with Crippen LogP contribution in [0.3, 0.4) is 0 Å². The van der Waals surface area contributed by atoms with Crippen LogP contribution < -0.4 is 11.1 Å². The van der Waals surface area contributed by atoms with Crippen molar-refractivity contribution in [1.82, 2.24) is 0 Å². The summed E-state index contributed by atoms with van der Waals surface area (Å²) in [7, 11) is 0. The third kappa shape index (κ3) is 8.81. The minimum absolute atomic E-state index is 0.0519. The molecule has 0 atom stereocenters. The molecule has 0 unspecified atom stereocenters. The van der Waals surface area contributed by atoms with Crippen molar-refractivity contribution in [1.29, 1.82) is 0 Å². The van der Waals surface area contributed by atoms with E-state index in [1.165, 1.54) is 56.3 Å². The van der Waals surface area contributed by atoms with Crippen LogP contribution in [0, 0.1) is 0 Å². The summed E-state index contributed by atoms with van der Waals surface area (Å²) in [4.78, 5) is 25.0. The minimum atomic E-state index is -0.415. The van der Waals surface area contributed by atoms with Crippen molar-refractivity contribution in [2.45, 2.75) is 84.6 Å². The molecule has 1 aromatic rings. The average molecular weight is 383 g/mol. The fraction of sp³-hybridized carbons (Fsp3) is 0.700. The second kappa shape index (κ2) is 13.8. The van der Waals surface area contributed by atoms with Gasteiger partial charge in [0.2, 0.25) is 5.91 Å². The van der Waals surface area contributed by atoms with Crippen molar-refractivity contribution >= 4 is 28.2 Å². The quantitative estimate of drug-likeness (QED) is 0.340. The van der Waals surface area contributed by atoms with E-state index in [0.29, 0.717) is 30.1 Å². The lowest BCUT2D eigenvalue weighted by Gasteiger charge is -2.06.